The first-order valence-corrected chi connectivity index (χ1v) is 4.36. The van der Waals surface area contributed by atoms with Crippen molar-refractivity contribution >= 4 is 0 Å². The smallest absolute Gasteiger partial charge is 0.142 e. The summed E-state index contributed by atoms with van der Waals surface area (Å²) in [5.41, 5.74) is 0.0728. The number of aromatic hydroxyl groups is 1. The van der Waals surface area contributed by atoms with Crippen LogP contribution in [0.4, 0.5) is 4.39 Å². The van der Waals surface area contributed by atoms with Gasteiger partial charge in [-0.2, -0.15) is 0 Å². The minimum absolute atomic E-state index is 0.0728. The predicted molar refractivity (Wildman–Crippen MR) is 53.5 cm³/mol. The molecule has 2 nitrogen and oxygen atoms in total. The molecule has 0 aliphatic carbocycles. The standard InChI is InChI=1S/C11H12FNO/c1-13-8-3-2-5-9-10(12)6-4-7-11(9)14/h4,6-7,13-14H,3,8H2,1H3. The molecule has 1 aromatic rings. The largest absolute Gasteiger partial charge is 0.507 e. The molecule has 0 aromatic heterocycles. The summed E-state index contributed by atoms with van der Waals surface area (Å²) < 4.78 is 13.1. The number of benzene rings is 1. The topological polar surface area (TPSA) is 32.3 Å². The van der Waals surface area contributed by atoms with Crippen LogP contribution in [-0.4, -0.2) is 18.7 Å². The molecule has 3 heteroatoms. The normalized spacial score (nSPS) is 9.29. The van der Waals surface area contributed by atoms with Crippen molar-refractivity contribution in [2.24, 2.45) is 0 Å². The minimum Gasteiger partial charge on any atom is -0.507 e. The van der Waals surface area contributed by atoms with Gasteiger partial charge >= 0.3 is 0 Å². The van der Waals surface area contributed by atoms with E-state index in [1.165, 1.54) is 18.2 Å². The molecule has 2 N–H and O–H groups in total. The summed E-state index contributed by atoms with van der Waals surface area (Å²) in [7, 11) is 1.82. The molecule has 74 valence electrons. The number of halogens is 1. The minimum atomic E-state index is -0.484. The first-order valence-electron chi connectivity index (χ1n) is 4.36. The highest BCUT2D eigenvalue weighted by Crippen LogP contribution is 2.17. The Morgan fingerprint density at radius 1 is 1.50 bits per heavy atom. The fourth-order valence-corrected chi connectivity index (χ4v) is 0.975. The number of rotatable bonds is 2. The van der Waals surface area contributed by atoms with Crippen LogP contribution < -0.4 is 5.32 Å². The van der Waals surface area contributed by atoms with Crippen molar-refractivity contribution in [2.45, 2.75) is 6.42 Å². The van der Waals surface area contributed by atoms with E-state index in [0.717, 1.165) is 6.54 Å². The van der Waals surface area contributed by atoms with Crippen molar-refractivity contribution in [3.63, 3.8) is 0 Å². The first kappa shape index (κ1) is 10.6. The van der Waals surface area contributed by atoms with Gasteiger partial charge in [-0.3, -0.25) is 0 Å². The summed E-state index contributed by atoms with van der Waals surface area (Å²) in [4.78, 5) is 0. The maximum atomic E-state index is 13.1. The van der Waals surface area contributed by atoms with Gasteiger partial charge in [-0.25, -0.2) is 4.39 Å². The average molecular weight is 193 g/mol. The highest BCUT2D eigenvalue weighted by molar-refractivity contribution is 5.45. The zero-order valence-corrected chi connectivity index (χ0v) is 7.97. The van der Waals surface area contributed by atoms with Gasteiger partial charge in [0, 0.05) is 13.0 Å². The van der Waals surface area contributed by atoms with E-state index in [4.69, 9.17) is 0 Å². The van der Waals surface area contributed by atoms with Crippen LogP contribution in [0.1, 0.15) is 12.0 Å². The van der Waals surface area contributed by atoms with E-state index in [1.807, 2.05) is 7.05 Å². The SMILES string of the molecule is CNCCC#Cc1c(O)cccc1F. The van der Waals surface area contributed by atoms with Gasteiger partial charge in [-0.15, -0.1) is 0 Å². The Labute approximate surface area is 82.8 Å². The lowest BCUT2D eigenvalue weighted by molar-refractivity contribution is 0.467. The molecular weight excluding hydrogens is 181 g/mol. The number of hydrogen-bond acceptors (Lipinski definition) is 2. The van der Waals surface area contributed by atoms with Crippen LogP contribution in [0.2, 0.25) is 0 Å². The molecule has 1 aromatic carbocycles. The van der Waals surface area contributed by atoms with Gasteiger partial charge in [0.1, 0.15) is 17.1 Å². The zero-order valence-electron chi connectivity index (χ0n) is 7.97. The van der Waals surface area contributed by atoms with Crippen LogP contribution in [0, 0.1) is 17.7 Å². The molecule has 0 saturated heterocycles. The van der Waals surface area contributed by atoms with Crippen molar-refractivity contribution in [1.82, 2.24) is 5.32 Å². The van der Waals surface area contributed by atoms with Crippen molar-refractivity contribution in [3.05, 3.63) is 29.6 Å². The third-order valence-corrected chi connectivity index (χ3v) is 1.71. The average Bonchev–Trinajstić information content (AvgIpc) is 2.16. The van der Waals surface area contributed by atoms with E-state index < -0.39 is 5.82 Å². The summed E-state index contributed by atoms with van der Waals surface area (Å²) in [6.45, 7) is 0.752. The lowest BCUT2D eigenvalue weighted by Gasteiger charge is -1.96. The third kappa shape index (κ3) is 2.75. The maximum absolute atomic E-state index is 13.1. The molecule has 0 unspecified atom stereocenters. The van der Waals surface area contributed by atoms with Gasteiger partial charge in [0.25, 0.3) is 0 Å². The molecule has 1 rings (SSSR count). The highest BCUT2D eigenvalue weighted by Gasteiger charge is 2.02. The van der Waals surface area contributed by atoms with Crippen molar-refractivity contribution in [2.75, 3.05) is 13.6 Å². The molecule has 0 atom stereocenters. The first-order chi connectivity index (χ1) is 6.75. The Kier molecular flexibility index (Phi) is 3.96. The highest BCUT2D eigenvalue weighted by atomic mass is 19.1. The number of nitrogens with one attached hydrogen (secondary N) is 1. The second-order valence-electron chi connectivity index (χ2n) is 2.79. The molecule has 14 heavy (non-hydrogen) atoms. The molecule has 0 aliphatic heterocycles. The van der Waals surface area contributed by atoms with Crippen LogP contribution in [0.15, 0.2) is 18.2 Å². The summed E-state index contributed by atoms with van der Waals surface area (Å²) in [5.74, 6) is 4.78. The van der Waals surface area contributed by atoms with Crippen molar-refractivity contribution in [1.29, 1.82) is 0 Å². The molecule has 0 spiro atoms. The second kappa shape index (κ2) is 5.25. The van der Waals surface area contributed by atoms with Gasteiger partial charge in [-0.05, 0) is 19.2 Å². The van der Waals surface area contributed by atoms with Crippen molar-refractivity contribution in [3.8, 4) is 17.6 Å². The van der Waals surface area contributed by atoms with E-state index >= 15 is 0 Å². The number of hydrogen-bond donors (Lipinski definition) is 2. The van der Waals surface area contributed by atoms with Crippen LogP contribution >= 0.6 is 0 Å². The quantitative estimate of drug-likeness (QED) is 0.551. The Hall–Kier alpha value is -1.53. The fourth-order valence-electron chi connectivity index (χ4n) is 0.975. The Bertz CT molecular complexity index is 345. The zero-order chi connectivity index (χ0) is 10.4. The fraction of sp³-hybridized carbons (Fsp3) is 0.273. The Morgan fingerprint density at radius 2 is 2.29 bits per heavy atom. The molecular formula is C11H12FNO. The second-order valence-corrected chi connectivity index (χ2v) is 2.79. The molecule has 0 radical (unpaired) electrons. The monoisotopic (exact) mass is 193 g/mol. The predicted octanol–water partition coefficient (Wildman–Crippen LogP) is 1.49. The van der Waals surface area contributed by atoms with Crippen LogP contribution in [-0.2, 0) is 0 Å². The van der Waals surface area contributed by atoms with Gasteiger partial charge in [-0.1, -0.05) is 17.9 Å². The molecule has 0 fully saturated rings. The van der Waals surface area contributed by atoms with E-state index in [0.29, 0.717) is 6.42 Å². The summed E-state index contributed by atoms with van der Waals surface area (Å²) >= 11 is 0. The van der Waals surface area contributed by atoms with E-state index in [9.17, 15) is 9.50 Å². The van der Waals surface area contributed by atoms with Gasteiger partial charge in [0.2, 0.25) is 0 Å². The molecule has 0 aliphatic rings. The molecule has 0 saturated carbocycles. The van der Waals surface area contributed by atoms with Gasteiger partial charge in [0.15, 0.2) is 0 Å². The van der Waals surface area contributed by atoms with Crippen molar-refractivity contribution < 1.29 is 9.50 Å². The van der Waals surface area contributed by atoms with E-state index in [2.05, 4.69) is 17.2 Å². The van der Waals surface area contributed by atoms with E-state index in [1.54, 1.807) is 0 Å². The molecule has 0 bridgehead atoms. The Balaban J connectivity index is 2.78. The van der Waals surface area contributed by atoms with E-state index in [-0.39, 0.29) is 11.3 Å². The van der Waals surface area contributed by atoms with Crippen LogP contribution in [0.5, 0.6) is 5.75 Å². The lowest BCUT2D eigenvalue weighted by Crippen LogP contribution is -2.05. The van der Waals surface area contributed by atoms with Crippen LogP contribution in [0.3, 0.4) is 0 Å². The third-order valence-electron chi connectivity index (χ3n) is 1.71. The molecule has 0 amide bonds. The van der Waals surface area contributed by atoms with Crippen LogP contribution in [0.25, 0.3) is 0 Å². The van der Waals surface area contributed by atoms with Gasteiger partial charge in [0.05, 0.1) is 0 Å². The maximum Gasteiger partial charge on any atom is 0.142 e. The van der Waals surface area contributed by atoms with Gasteiger partial charge < -0.3 is 10.4 Å². The summed E-state index contributed by atoms with van der Waals surface area (Å²) in [6.07, 6.45) is 0.629. The summed E-state index contributed by atoms with van der Waals surface area (Å²) in [5, 5.41) is 12.2. The number of phenols is 1. The lowest BCUT2D eigenvalue weighted by atomic mass is 10.2. The Morgan fingerprint density at radius 3 is 2.93 bits per heavy atom. The number of phenolic OH excluding ortho intramolecular Hbond substituents is 1. The summed E-state index contributed by atoms with van der Waals surface area (Å²) in [6, 6.07) is 4.15. The molecule has 0 heterocycles.